The van der Waals surface area contributed by atoms with E-state index in [1.807, 2.05) is 0 Å². The van der Waals surface area contributed by atoms with Gasteiger partial charge in [-0.15, -0.1) is 0 Å². The van der Waals surface area contributed by atoms with E-state index in [-0.39, 0.29) is 27.9 Å². The Labute approximate surface area is 225 Å². The van der Waals surface area contributed by atoms with E-state index < -0.39 is 21.8 Å². The second kappa shape index (κ2) is 10.3. The van der Waals surface area contributed by atoms with Crippen molar-refractivity contribution >= 4 is 38.6 Å². The summed E-state index contributed by atoms with van der Waals surface area (Å²) in [6, 6.07) is 17.8. The van der Waals surface area contributed by atoms with E-state index in [0.29, 0.717) is 29.4 Å². The first-order chi connectivity index (χ1) is 18.2. The van der Waals surface area contributed by atoms with Crippen molar-refractivity contribution in [1.29, 1.82) is 0 Å². The second-order valence-electron chi connectivity index (χ2n) is 9.23. The van der Waals surface area contributed by atoms with Crippen molar-refractivity contribution in [3.05, 3.63) is 93.9 Å². The number of nitrogens with two attached hydrogens (primary N) is 1. The van der Waals surface area contributed by atoms with Gasteiger partial charge in [-0.25, -0.2) is 13.2 Å². The van der Waals surface area contributed by atoms with E-state index in [4.69, 9.17) is 22.1 Å². The number of halogens is 1. The van der Waals surface area contributed by atoms with Gasteiger partial charge in [-0.2, -0.15) is 3.97 Å². The molecule has 2 heterocycles. The molecule has 1 unspecified atom stereocenters. The molecule has 5 rings (SSSR count). The Morgan fingerprint density at radius 3 is 2.42 bits per heavy atom. The highest BCUT2D eigenvalue weighted by molar-refractivity contribution is 7.90. The van der Waals surface area contributed by atoms with Crippen LogP contribution >= 0.6 is 11.6 Å². The smallest absolute Gasteiger partial charge is 0.344 e. The van der Waals surface area contributed by atoms with Crippen LogP contribution < -0.4 is 16.2 Å². The number of imidazole rings is 1. The predicted octanol–water partition coefficient (Wildman–Crippen LogP) is 3.24. The molecule has 1 aliphatic rings. The lowest BCUT2D eigenvalue weighted by atomic mass is 10.0. The van der Waals surface area contributed by atoms with Crippen LogP contribution in [0.2, 0.25) is 5.02 Å². The number of methoxy groups -OCH3 is 1. The lowest BCUT2D eigenvalue weighted by Gasteiger charge is -2.34. The van der Waals surface area contributed by atoms with Crippen LogP contribution in [0.5, 0.6) is 5.75 Å². The van der Waals surface area contributed by atoms with Gasteiger partial charge in [0.15, 0.2) is 0 Å². The van der Waals surface area contributed by atoms with E-state index >= 15 is 0 Å². The molecule has 0 aliphatic carbocycles. The summed E-state index contributed by atoms with van der Waals surface area (Å²) in [7, 11) is -2.87. The van der Waals surface area contributed by atoms with E-state index in [0.717, 1.165) is 16.8 Å². The number of aromatic nitrogens is 2. The highest BCUT2D eigenvalue weighted by atomic mass is 35.5. The fourth-order valence-corrected chi connectivity index (χ4v) is 6.48. The van der Waals surface area contributed by atoms with Gasteiger partial charge in [0.1, 0.15) is 11.8 Å². The van der Waals surface area contributed by atoms with Gasteiger partial charge in [0.25, 0.3) is 15.9 Å². The molecule has 1 amide bonds. The molecule has 0 spiro atoms. The molecule has 11 heteroatoms. The quantitative estimate of drug-likeness (QED) is 0.391. The summed E-state index contributed by atoms with van der Waals surface area (Å²) < 4.78 is 34.7. The first-order valence-corrected chi connectivity index (χ1v) is 14.0. The van der Waals surface area contributed by atoms with Crippen LogP contribution in [-0.4, -0.2) is 54.0 Å². The maximum atomic E-state index is 14.1. The number of carbonyl (C=O) groups excluding carboxylic acids is 1. The minimum Gasteiger partial charge on any atom is -0.497 e. The van der Waals surface area contributed by atoms with Crippen LogP contribution in [0.3, 0.4) is 0 Å². The van der Waals surface area contributed by atoms with Crippen molar-refractivity contribution in [2.45, 2.75) is 29.8 Å². The van der Waals surface area contributed by atoms with Gasteiger partial charge >= 0.3 is 5.69 Å². The van der Waals surface area contributed by atoms with Gasteiger partial charge in [0.05, 0.1) is 23.0 Å². The maximum absolute atomic E-state index is 14.1. The molecule has 9 nitrogen and oxygen atoms in total. The number of hydrogen-bond donors (Lipinski definition) is 1. The molecule has 1 saturated heterocycles. The van der Waals surface area contributed by atoms with Crippen LogP contribution in [-0.2, 0) is 14.8 Å². The Morgan fingerprint density at radius 2 is 1.76 bits per heavy atom. The summed E-state index contributed by atoms with van der Waals surface area (Å²) >= 11 is 6.32. The van der Waals surface area contributed by atoms with Crippen molar-refractivity contribution in [3.63, 3.8) is 0 Å². The SMILES string of the molecule is COc1ccc(S(=O)(=O)n2c(=O)n(C(C(=O)N3CCC[C@H](N)C3)c3ccccc3)c3cc(Cl)ccc32)cc1. The predicted molar refractivity (Wildman–Crippen MR) is 145 cm³/mol. The number of hydrogen-bond acceptors (Lipinski definition) is 6. The normalized spacial score (nSPS) is 16.9. The topological polar surface area (TPSA) is 117 Å². The Hall–Kier alpha value is -3.60. The molecule has 0 bridgehead atoms. The van der Waals surface area contributed by atoms with Gasteiger partial charge in [-0.3, -0.25) is 9.36 Å². The Bertz CT molecular complexity index is 1650. The first kappa shape index (κ1) is 26.0. The van der Waals surface area contributed by atoms with Crippen molar-refractivity contribution in [2.75, 3.05) is 20.2 Å². The number of benzene rings is 3. The van der Waals surface area contributed by atoms with Crippen molar-refractivity contribution in [1.82, 2.24) is 13.4 Å². The van der Waals surface area contributed by atoms with Crippen molar-refractivity contribution in [2.24, 2.45) is 5.73 Å². The molecule has 1 aliphatic heterocycles. The van der Waals surface area contributed by atoms with Crippen LogP contribution in [0, 0.1) is 0 Å². The van der Waals surface area contributed by atoms with Gasteiger partial charge in [-0.05, 0) is 60.9 Å². The van der Waals surface area contributed by atoms with E-state index in [9.17, 15) is 18.0 Å². The number of rotatable bonds is 6. The fraction of sp³-hybridized carbons (Fsp3) is 0.259. The third kappa shape index (κ3) is 4.59. The molecule has 3 aromatic carbocycles. The summed E-state index contributed by atoms with van der Waals surface area (Å²) in [5.41, 5.74) is 6.16. The van der Waals surface area contributed by atoms with Crippen LogP contribution in [0.25, 0.3) is 11.0 Å². The Morgan fingerprint density at radius 1 is 1.05 bits per heavy atom. The molecular weight excluding hydrogens is 528 g/mol. The van der Waals surface area contributed by atoms with Gasteiger partial charge in [0, 0.05) is 24.2 Å². The van der Waals surface area contributed by atoms with Gasteiger partial charge in [-0.1, -0.05) is 41.9 Å². The molecule has 4 aromatic rings. The zero-order valence-electron chi connectivity index (χ0n) is 20.7. The number of nitrogens with zero attached hydrogens (tertiary/aromatic N) is 3. The lowest BCUT2D eigenvalue weighted by Crippen LogP contribution is -2.49. The largest absolute Gasteiger partial charge is 0.497 e. The summed E-state index contributed by atoms with van der Waals surface area (Å²) in [5.74, 6) is 0.134. The summed E-state index contributed by atoms with van der Waals surface area (Å²) in [6.45, 7) is 0.842. The summed E-state index contributed by atoms with van der Waals surface area (Å²) in [5, 5.41) is 0.296. The standard InChI is InChI=1S/C27H27ClN4O5S/c1-37-21-10-12-22(13-11-21)38(35,36)32-23-14-9-19(28)16-24(23)31(27(32)34)25(18-6-3-2-4-7-18)26(33)30-15-5-8-20(29)17-30/h2-4,6-7,9-14,16,20,25H,5,8,15,17,29H2,1H3/t20-,25?/m0/s1. The first-order valence-electron chi connectivity index (χ1n) is 12.1. The van der Waals surface area contributed by atoms with Crippen molar-refractivity contribution in [3.8, 4) is 5.75 Å². The zero-order chi connectivity index (χ0) is 27.0. The average Bonchev–Trinajstić information content (AvgIpc) is 3.21. The Balaban J connectivity index is 1.76. The summed E-state index contributed by atoms with van der Waals surface area (Å²) in [4.78, 5) is 29.7. The fourth-order valence-electron chi connectivity index (χ4n) is 4.92. The number of amides is 1. The molecule has 2 N–H and O–H groups in total. The molecule has 2 atom stereocenters. The number of piperidine rings is 1. The molecule has 38 heavy (non-hydrogen) atoms. The molecule has 1 fully saturated rings. The van der Waals surface area contributed by atoms with Gasteiger partial charge in [0.2, 0.25) is 0 Å². The second-order valence-corrected chi connectivity index (χ2v) is 11.5. The third-order valence-electron chi connectivity index (χ3n) is 6.77. The number of carbonyl (C=O) groups is 1. The molecule has 198 valence electrons. The minimum atomic E-state index is -4.35. The minimum absolute atomic E-state index is 0.0982. The van der Waals surface area contributed by atoms with E-state index in [1.165, 1.54) is 54.1 Å². The molecular formula is C27H27ClN4O5S. The Kier molecular flexibility index (Phi) is 7.04. The zero-order valence-corrected chi connectivity index (χ0v) is 22.2. The highest BCUT2D eigenvalue weighted by Crippen LogP contribution is 2.30. The van der Waals surface area contributed by atoms with Gasteiger partial charge < -0.3 is 15.4 Å². The van der Waals surface area contributed by atoms with E-state index in [1.54, 1.807) is 35.2 Å². The molecule has 0 saturated carbocycles. The van der Waals surface area contributed by atoms with Crippen LogP contribution in [0.4, 0.5) is 0 Å². The van der Waals surface area contributed by atoms with Crippen LogP contribution in [0.15, 0.2) is 82.5 Å². The molecule has 0 radical (unpaired) electrons. The number of likely N-dealkylation sites (tertiary alicyclic amines) is 1. The maximum Gasteiger partial charge on any atom is 0.344 e. The van der Waals surface area contributed by atoms with E-state index in [2.05, 4.69) is 0 Å². The number of ether oxygens (including phenoxy) is 1. The summed E-state index contributed by atoms with van der Waals surface area (Å²) in [6.07, 6.45) is 1.54. The average molecular weight is 555 g/mol. The third-order valence-corrected chi connectivity index (χ3v) is 8.71. The van der Waals surface area contributed by atoms with Crippen molar-refractivity contribution < 1.29 is 17.9 Å². The van der Waals surface area contributed by atoms with Crippen LogP contribution in [0.1, 0.15) is 24.4 Å². The highest BCUT2D eigenvalue weighted by Gasteiger charge is 2.35. The molecule has 1 aromatic heterocycles. The monoisotopic (exact) mass is 554 g/mol. The lowest BCUT2D eigenvalue weighted by molar-refractivity contribution is -0.134. The number of fused-ring (bicyclic) bond motifs is 1.